The van der Waals surface area contributed by atoms with Crippen molar-refractivity contribution in [1.82, 2.24) is 0 Å². The Balaban J connectivity index is 2.04. The molecular formula is C18H13Cl2NO4. The SMILES string of the molecule is COc1cccc(OC)c1C1=N/C(=C/c2ccc(Cl)c(Cl)c2)C(=O)O1. The second kappa shape index (κ2) is 7.17. The quantitative estimate of drug-likeness (QED) is 0.586. The molecule has 0 fully saturated rings. The van der Waals surface area contributed by atoms with Gasteiger partial charge in [0.05, 0.1) is 24.3 Å². The number of halogens is 2. The molecule has 0 spiro atoms. The maximum atomic E-state index is 12.2. The van der Waals surface area contributed by atoms with Crippen molar-refractivity contribution in [3.63, 3.8) is 0 Å². The molecule has 1 heterocycles. The lowest BCUT2D eigenvalue weighted by atomic mass is 10.1. The molecule has 2 aromatic rings. The number of carbonyl (C=O) groups excluding carboxylic acids is 1. The highest BCUT2D eigenvalue weighted by molar-refractivity contribution is 6.42. The van der Waals surface area contributed by atoms with E-state index in [9.17, 15) is 4.79 Å². The molecule has 3 rings (SSSR count). The van der Waals surface area contributed by atoms with E-state index < -0.39 is 5.97 Å². The fourth-order valence-electron chi connectivity index (χ4n) is 2.34. The minimum Gasteiger partial charge on any atom is -0.496 e. The van der Waals surface area contributed by atoms with Gasteiger partial charge >= 0.3 is 5.97 Å². The fourth-order valence-corrected chi connectivity index (χ4v) is 2.64. The number of cyclic esters (lactones) is 1. The lowest BCUT2D eigenvalue weighted by Crippen LogP contribution is -2.08. The van der Waals surface area contributed by atoms with Gasteiger partial charge in [-0.25, -0.2) is 9.79 Å². The number of carbonyl (C=O) groups is 1. The predicted octanol–water partition coefficient (Wildman–Crippen LogP) is 4.36. The standard InChI is InChI=1S/C18H13Cl2NO4/c1-23-14-4-3-5-15(24-2)16(14)17-21-13(18(22)25-17)9-10-6-7-11(19)12(20)8-10/h3-9H,1-2H3/b13-9+. The van der Waals surface area contributed by atoms with Crippen LogP contribution in [0.1, 0.15) is 11.1 Å². The summed E-state index contributed by atoms with van der Waals surface area (Å²) in [6.45, 7) is 0. The first-order valence-electron chi connectivity index (χ1n) is 7.22. The van der Waals surface area contributed by atoms with Crippen LogP contribution >= 0.6 is 23.2 Å². The van der Waals surface area contributed by atoms with Crippen LogP contribution in [0, 0.1) is 0 Å². The summed E-state index contributed by atoms with van der Waals surface area (Å²) in [6, 6.07) is 10.2. The van der Waals surface area contributed by atoms with Crippen LogP contribution in [0.15, 0.2) is 47.1 Å². The summed E-state index contributed by atoms with van der Waals surface area (Å²) in [5, 5.41) is 0.818. The molecule has 0 amide bonds. The Kier molecular flexibility index (Phi) is 4.97. The van der Waals surface area contributed by atoms with Gasteiger partial charge in [-0.05, 0) is 35.9 Å². The van der Waals surface area contributed by atoms with E-state index in [4.69, 9.17) is 37.4 Å². The Morgan fingerprint density at radius 1 is 1.04 bits per heavy atom. The van der Waals surface area contributed by atoms with E-state index in [1.165, 1.54) is 14.2 Å². The number of nitrogens with zero attached hydrogens (tertiary/aromatic N) is 1. The topological polar surface area (TPSA) is 57.1 Å². The van der Waals surface area contributed by atoms with Gasteiger partial charge in [-0.3, -0.25) is 0 Å². The van der Waals surface area contributed by atoms with E-state index in [1.807, 2.05) is 0 Å². The second-order valence-corrected chi connectivity index (χ2v) is 5.86. The van der Waals surface area contributed by atoms with Gasteiger partial charge in [-0.1, -0.05) is 35.3 Å². The third-order valence-corrected chi connectivity index (χ3v) is 4.25. The average molecular weight is 378 g/mol. The van der Waals surface area contributed by atoms with Gasteiger partial charge < -0.3 is 14.2 Å². The number of hydrogen-bond donors (Lipinski definition) is 0. The summed E-state index contributed by atoms with van der Waals surface area (Å²) < 4.78 is 15.9. The Hall–Kier alpha value is -2.50. The summed E-state index contributed by atoms with van der Waals surface area (Å²) in [7, 11) is 3.03. The third-order valence-electron chi connectivity index (χ3n) is 3.51. The largest absolute Gasteiger partial charge is 0.496 e. The molecule has 0 atom stereocenters. The van der Waals surface area contributed by atoms with Gasteiger partial charge in [0.25, 0.3) is 0 Å². The number of methoxy groups -OCH3 is 2. The van der Waals surface area contributed by atoms with Gasteiger partial charge in [0.2, 0.25) is 5.90 Å². The molecule has 25 heavy (non-hydrogen) atoms. The minimum absolute atomic E-state index is 0.116. The summed E-state index contributed by atoms with van der Waals surface area (Å²) in [6.07, 6.45) is 1.57. The van der Waals surface area contributed by atoms with E-state index in [-0.39, 0.29) is 11.6 Å². The Morgan fingerprint density at radius 3 is 2.32 bits per heavy atom. The molecule has 7 heteroatoms. The van der Waals surface area contributed by atoms with Crippen LogP contribution < -0.4 is 9.47 Å². The Labute approximate surface area is 154 Å². The van der Waals surface area contributed by atoms with Crippen molar-refractivity contribution in [2.45, 2.75) is 0 Å². The molecule has 0 radical (unpaired) electrons. The first-order chi connectivity index (χ1) is 12.0. The lowest BCUT2D eigenvalue weighted by Gasteiger charge is -2.11. The number of esters is 1. The zero-order valence-electron chi connectivity index (χ0n) is 13.4. The van der Waals surface area contributed by atoms with Crippen molar-refractivity contribution in [3.8, 4) is 11.5 Å². The maximum absolute atomic E-state index is 12.2. The molecule has 0 saturated heterocycles. The molecule has 1 aliphatic rings. The van der Waals surface area contributed by atoms with Crippen molar-refractivity contribution in [1.29, 1.82) is 0 Å². The number of hydrogen-bond acceptors (Lipinski definition) is 5. The van der Waals surface area contributed by atoms with Crippen molar-refractivity contribution >= 4 is 41.1 Å². The van der Waals surface area contributed by atoms with Crippen LogP contribution in [0.2, 0.25) is 10.0 Å². The minimum atomic E-state index is -0.575. The van der Waals surface area contributed by atoms with E-state index in [0.29, 0.717) is 32.7 Å². The molecule has 0 bridgehead atoms. The zero-order chi connectivity index (χ0) is 18.0. The highest BCUT2D eigenvalue weighted by Crippen LogP contribution is 2.32. The Bertz CT molecular complexity index is 884. The molecule has 128 valence electrons. The lowest BCUT2D eigenvalue weighted by molar-refractivity contribution is -0.129. The van der Waals surface area contributed by atoms with Crippen molar-refractivity contribution in [2.75, 3.05) is 14.2 Å². The molecule has 0 aromatic heterocycles. The first-order valence-corrected chi connectivity index (χ1v) is 7.98. The van der Waals surface area contributed by atoms with Crippen molar-refractivity contribution in [2.24, 2.45) is 4.99 Å². The van der Waals surface area contributed by atoms with Crippen LogP contribution in [0.5, 0.6) is 11.5 Å². The third kappa shape index (κ3) is 3.48. The fraction of sp³-hybridized carbons (Fsp3) is 0.111. The summed E-state index contributed by atoms with van der Waals surface area (Å²) >= 11 is 11.9. The van der Waals surface area contributed by atoms with Crippen molar-refractivity contribution < 1.29 is 19.0 Å². The van der Waals surface area contributed by atoms with Gasteiger partial charge in [-0.2, -0.15) is 0 Å². The van der Waals surface area contributed by atoms with E-state index >= 15 is 0 Å². The van der Waals surface area contributed by atoms with Gasteiger partial charge in [-0.15, -0.1) is 0 Å². The van der Waals surface area contributed by atoms with Crippen LogP contribution in [0.4, 0.5) is 0 Å². The number of ether oxygens (including phenoxy) is 3. The highest BCUT2D eigenvalue weighted by atomic mass is 35.5. The zero-order valence-corrected chi connectivity index (χ0v) is 14.9. The Morgan fingerprint density at radius 2 is 1.72 bits per heavy atom. The molecular weight excluding hydrogens is 365 g/mol. The van der Waals surface area contributed by atoms with Crippen LogP contribution in [0.3, 0.4) is 0 Å². The van der Waals surface area contributed by atoms with Crippen LogP contribution in [-0.4, -0.2) is 26.1 Å². The van der Waals surface area contributed by atoms with Gasteiger partial charge in [0.1, 0.15) is 17.1 Å². The molecule has 0 unspecified atom stereocenters. The number of rotatable bonds is 4. The highest BCUT2D eigenvalue weighted by Gasteiger charge is 2.28. The molecule has 0 aliphatic carbocycles. The first kappa shape index (κ1) is 17.3. The average Bonchev–Trinajstić information content (AvgIpc) is 2.97. The number of benzene rings is 2. The maximum Gasteiger partial charge on any atom is 0.363 e. The monoisotopic (exact) mass is 377 g/mol. The summed E-state index contributed by atoms with van der Waals surface area (Å²) in [5.41, 5.74) is 1.29. The number of aliphatic imine (C=N–C) groups is 1. The molecule has 1 aliphatic heterocycles. The normalized spacial score (nSPS) is 15.1. The van der Waals surface area contributed by atoms with Gasteiger partial charge in [0.15, 0.2) is 5.70 Å². The molecule has 5 nitrogen and oxygen atoms in total. The van der Waals surface area contributed by atoms with E-state index in [2.05, 4.69) is 4.99 Å². The van der Waals surface area contributed by atoms with E-state index in [0.717, 1.165) is 0 Å². The molecule has 0 N–H and O–H groups in total. The van der Waals surface area contributed by atoms with Crippen molar-refractivity contribution in [3.05, 3.63) is 63.3 Å². The van der Waals surface area contributed by atoms with Crippen LogP contribution in [0.25, 0.3) is 6.08 Å². The van der Waals surface area contributed by atoms with Gasteiger partial charge in [0, 0.05) is 0 Å². The van der Waals surface area contributed by atoms with Crippen LogP contribution in [-0.2, 0) is 9.53 Å². The second-order valence-electron chi connectivity index (χ2n) is 5.05. The molecule has 0 saturated carbocycles. The summed E-state index contributed by atoms with van der Waals surface area (Å²) in [4.78, 5) is 16.4. The molecule has 2 aromatic carbocycles. The predicted molar refractivity (Wildman–Crippen MR) is 96.6 cm³/mol. The van der Waals surface area contributed by atoms with E-state index in [1.54, 1.807) is 42.5 Å². The summed E-state index contributed by atoms with van der Waals surface area (Å²) in [5.74, 6) is 0.517. The smallest absolute Gasteiger partial charge is 0.363 e.